The lowest BCUT2D eigenvalue weighted by atomic mass is 10.2. The monoisotopic (exact) mass is 226 g/mol. The summed E-state index contributed by atoms with van der Waals surface area (Å²) in [5, 5.41) is 19.2. The minimum atomic E-state index is -0.607. The Bertz CT molecular complexity index is 414. The molecule has 0 fully saturated rings. The highest BCUT2D eigenvalue weighted by atomic mass is 35.5. The average Bonchev–Trinajstić information content (AvgIpc) is 2.25. The van der Waals surface area contributed by atoms with Crippen LogP contribution in [-0.2, 0) is 0 Å². The second-order valence-electron chi connectivity index (χ2n) is 2.59. The fourth-order valence-corrected chi connectivity index (χ4v) is 1.09. The molecule has 0 radical (unpaired) electrons. The van der Waals surface area contributed by atoms with Crippen LogP contribution in [0.5, 0.6) is 5.75 Å². The highest BCUT2D eigenvalue weighted by Gasteiger charge is 2.13. The molecular weight excluding hydrogens is 220 g/mol. The Morgan fingerprint density at radius 1 is 1.60 bits per heavy atom. The molecule has 1 aromatic rings. The number of hydrogen-bond acceptors (Lipinski definition) is 4. The number of nitro groups is 1. The molecule has 0 spiro atoms. The van der Waals surface area contributed by atoms with E-state index in [1.165, 1.54) is 18.2 Å². The molecule has 6 heteroatoms. The number of nitrogens with zero attached hydrogens (tertiary/aromatic N) is 2. The van der Waals surface area contributed by atoms with Gasteiger partial charge in [0.1, 0.15) is 24.0 Å². The van der Waals surface area contributed by atoms with Crippen molar-refractivity contribution >= 4 is 17.3 Å². The van der Waals surface area contributed by atoms with Crippen LogP contribution in [0.25, 0.3) is 0 Å². The van der Waals surface area contributed by atoms with Gasteiger partial charge in [-0.3, -0.25) is 10.1 Å². The second kappa shape index (κ2) is 5.17. The summed E-state index contributed by atoms with van der Waals surface area (Å²) in [5.74, 6) is 0.719. The van der Waals surface area contributed by atoms with Crippen molar-refractivity contribution in [2.75, 3.05) is 12.5 Å². The fraction of sp³-hybridized carbons (Fsp3) is 0.222. The van der Waals surface area contributed by atoms with E-state index in [0.717, 1.165) is 0 Å². The summed E-state index contributed by atoms with van der Waals surface area (Å²) >= 11 is 5.41. The van der Waals surface area contributed by atoms with Gasteiger partial charge in [0, 0.05) is 12.1 Å². The third-order valence-electron chi connectivity index (χ3n) is 1.63. The lowest BCUT2D eigenvalue weighted by Crippen LogP contribution is -1.99. The Labute approximate surface area is 91.0 Å². The van der Waals surface area contributed by atoms with Crippen LogP contribution >= 0.6 is 11.6 Å². The van der Waals surface area contributed by atoms with E-state index in [-0.39, 0.29) is 11.3 Å². The van der Waals surface area contributed by atoms with Gasteiger partial charge in [0.05, 0.1) is 10.8 Å². The minimum Gasteiger partial charge on any atom is -0.492 e. The van der Waals surface area contributed by atoms with Crippen LogP contribution in [0, 0.1) is 21.4 Å². The molecule has 15 heavy (non-hydrogen) atoms. The maximum Gasteiger partial charge on any atom is 0.287 e. The summed E-state index contributed by atoms with van der Waals surface area (Å²) in [4.78, 5) is 9.89. The average molecular weight is 227 g/mol. The number of rotatable bonds is 4. The van der Waals surface area contributed by atoms with Gasteiger partial charge in [-0.15, -0.1) is 11.6 Å². The van der Waals surface area contributed by atoms with E-state index in [2.05, 4.69) is 0 Å². The first-order chi connectivity index (χ1) is 7.19. The smallest absolute Gasteiger partial charge is 0.287 e. The van der Waals surface area contributed by atoms with Crippen LogP contribution in [0.2, 0.25) is 0 Å². The van der Waals surface area contributed by atoms with E-state index in [9.17, 15) is 10.1 Å². The first-order valence-corrected chi connectivity index (χ1v) is 4.59. The van der Waals surface area contributed by atoms with Crippen molar-refractivity contribution in [1.29, 1.82) is 5.26 Å². The van der Waals surface area contributed by atoms with Crippen molar-refractivity contribution in [3.63, 3.8) is 0 Å². The van der Waals surface area contributed by atoms with E-state index in [4.69, 9.17) is 21.6 Å². The third kappa shape index (κ3) is 2.82. The van der Waals surface area contributed by atoms with Gasteiger partial charge in [-0.1, -0.05) is 0 Å². The number of nitriles is 1. The molecule has 78 valence electrons. The molecule has 0 aliphatic rings. The fourth-order valence-electron chi connectivity index (χ4n) is 1.01. The lowest BCUT2D eigenvalue weighted by molar-refractivity contribution is -0.385. The van der Waals surface area contributed by atoms with Crippen LogP contribution in [0.4, 0.5) is 5.69 Å². The zero-order chi connectivity index (χ0) is 11.3. The van der Waals surface area contributed by atoms with E-state index in [1.807, 2.05) is 0 Å². The SMILES string of the molecule is N#Cc1cc(OCCCl)ccc1[N+](=O)[O-]. The van der Waals surface area contributed by atoms with Gasteiger partial charge in [-0.2, -0.15) is 5.26 Å². The topological polar surface area (TPSA) is 76.2 Å². The number of alkyl halides is 1. The highest BCUT2D eigenvalue weighted by Crippen LogP contribution is 2.23. The molecule has 0 bridgehead atoms. The normalized spacial score (nSPS) is 9.33. The second-order valence-corrected chi connectivity index (χ2v) is 2.96. The summed E-state index contributed by atoms with van der Waals surface area (Å²) in [6.07, 6.45) is 0. The van der Waals surface area contributed by atoms with Gasteiger partial charge in [0.15, 0.2) is 0 Å². The molecule has 0 atom stereocenters. The number of halogens is 1. The van der Waals surface area contributed by atoms with E-state index >= 15 is 0 Å². The Hall–Kier alpha value is -1.80. The molecule has 0 N–H and O–H groups in total. The van der Waals surface area contributed by atoms with Crippen LogP contribution in [-0.4, -0.2) is 17.4 Å². The molecule has 0 aliphatic carbocycles. The van der Waals surface area contributed by atoms with Gasteiger partial charge in [-0.25, -0.2) is 0 Å². The summed E-state index contributed by atoms with van der Waals surface area (Å²) in [6, 6.07) is 5.74. The lowest BCUT2D eigenvalue weighted by Gasteiger charge is -2.03. The number of nitro benzene ring substituents is 1. The van der Waals surface area contributed by atoms with Crippen molar-refractivity contribution in [3.05, 3.63) is 33.9 Å². The highest BCUT2D eigenvalue weighted by molar-refractivity contribution is 6.18. The van der Waals surface area contributed by atoms with Gasteiger partial charge in [-0.05, 0) is 6.07 Å². The molecule has 5 nitrogen and oxygen atoms in total. The van der Waals surface area contributed by atoms with Crippen molar-refractivity contribution in [3.8, 4) is 11.8 Å². The van der Waals surface area contributed by atoms with E-state index < -0.39 is 4.92 Å². The van der Waals surface area contributed by atoms with Gasteiger partial charge in [0.25, 0.3) is 5.69 Å². The van der Waals surface area contributed by atoms with Gasteiger partial charge >= 0.3 is 0 Å². The van der Waals surface area contributed by atoms with Gasteiger partial charge < -0.3 is 4.74 Å². The van der Waals surface area contributed by atoms with Crippen LogP contribution in [0.15, 0.2) is 18.2 Å². The standard InChI is InChI=1S/C9H7ClN2O3/c10-3-4-15-8-1-2-9(12(13)14)7(5-8)6-11/h1-2,5H,3-4H2. The molecule has 0 heterocycles. The summed E-state index contributed by atoms with van der Waals surface area (Å²) in [5.41, 5.74) is -0.247. The zero-order valence-corrected chi connectivity index (χ0v) is 8.40. The molecule has 0 aliphatic heterocycles. The molecular formula is C9H7ClN2O3. The Balaban J connectivity index is 2.98. The van der Waals surface area contributed by atoms with Crippen molar-refractivity contribution < 1.29 is 9.66 Å². The quantitative estimate of drug-likeness (QED) is 0.447. The first kappa shape index (κ1) is 11.3. The number of hydrogen-bond donors (Lipinski definition) is 0. The summed E-state index contributed by atoms with van der Waals surface area (Å²) < 4.78 is 5.13. The van der Waals surface area contributed by atoms with Crippen molar-refractivity contribution in [2.45, 2.75) is 0 Å². The largest absolute Gasteiger partial charge is 0.492 e. The maximum absolute atomic E-state index is 10.5. The predicted molar refractivity (Wildman–Crippen MR) is 54.0 cm³/mol. The zero-order valence-electron chi connectivity index (χ0n) is 7.64. The molecule has 1 aromatic carbocycles. The molecule has 0 saturated heterocycles. The third-order valence-corrected chi connectivity index (χ3v) is 1.79. The van der Waals surface area contributed by atoms with Gasteiger partial charge in [0.2, 0.25) is 0 Å². The molecule has 0 aromatic heterocycles. The first-order valence-electron chi connectivity index (χ1n) is 4.06. The van der Waals surface area contributed by atoms with Crippen LogP contribution < -0.4 is 4.74 Å². The molecule has 0 saturated carbocycles. The van der Waals surface area contributed by atoms with Crippen LogP contribution in [0.1, 0.15) is 5.56 Å². The van der Waals surface area contributed by atoms with Crippen LogP contribution in [0.3, 0.4) is 0 Å². The molecule has 0 amide bonds. The van der Waals surface area contributed by atoms with Crippen molar-refractivity contribution in [1.82, 2.24) is 0 Å². The van der Waals surface area contributed by atoms with E-state index in [0.29, 0.717) is 18.2 Å². The predicted octanol–water partition coefficient (Wildman–Crippen LogP) is 2.08. The molecule has 0 unspecified atom stereocenters. The maximum atomic E-state index is 10.5. The summed E-state index contributed by atoms with van der Waals surface area (Å²) in [6.45, 7) is 0.296. The Morgan fingerprint density at radius 3 is 2.87 bits per heavy atom. The Morgan fingerprint density at radius 2 is 2.33 bits per heavy atom. The van der Waals surface area contributed by atoms with E-state index in [1.54, 1.807) is 6.07 Å². The summed E-state index contributed by atoms with van der Waals surface area (Å²) in [7, 11) is 0. The number of ether oxygens (including phenoxy) is 1. The minimum absolute atomic E-state index is 0.0212. The Kier molecular flexibility index (Phi) is 3.89. The number of benzene rings is 1. The molecule has 1 rings (SSSR count). The van der Waals surface area contributed by atoms with Crippen molar-refractivity contribution in [2.24, 2.45) is 0 Å².